The van der Waals surface area contributed by atoms with Gasteiger partial charge in [0.2, 0.25) is 0 Å². The Kier molecular flexibility index (Phi) is 5.97. The lowest BCUT2D eigenvalue weighted by Gasteiger charge is -2.06. The van der Waals surface area contributed by atoms with Gasteiger partial charge in [0.1, 0.15) is 17.1 Å². The average Bonchev–Trinajstić information content (AvgIpc) is 3.18. The Balaban J connectivity index is 1.55. The Morgan fingerprint density at radius 3 is 2.84 bits per heavy atom. The van der Waals surface area contributed by atoms with Crippen molar-refractivity contribution in [1.29, 1.82) is 0 Å². The molecule has 0 unspecified atom stereocenters. The van der Waals surface area contributed by atoms with E-state index in [1.54, 1.807) is 12.1 Å². The summed E-state index contributed by atoms with van der Waals surface area (Å²) in [6.07, 6.45) is 2.69. The van der Waals surface area contributed by atoms with Gasteiger partial charge in [0.25, 0.3) is 11.5 Å². The summed E-state index contributed by atoms with van der Waals surface area (Å²) in [6, 6.07) is 12.8. The minimum atomic E-state index is -0.485. The molecular formula is C22H17BrN4O3S. The summed E-state index contributed by atoms with van der Waals surface area (Å²) in [5, 5.41) is 16.1. The number of fused-ring (bicyclic) bond motifs is 1. The predicted molar refractivity (Wildman–Crippen MR) is 126 cm³/mol. The quantitative estimate of drug-likeness (QED) is 0.321. The second kappa shape index (κ2) is 8.83. The molecular weight excluding hydrogens is 480 g/mol. The lowest BCUT2D eigenvalue weighted by Crippen LogP contribution is -2.30. The van der Waals surface area contributed by atoms with Crippen LogP contribution in [0.25, 0.3) is 21.3 Å². The van der Waals surface area contributed by atoms with Crippen LogP contribution in [-0.2, 0) is 11.3 Å². The first kappa shape index (κ1) is 21.0. The first-order valence-electron chi connectivity index (χ1n) is 9.26. The Bertz CT molecular complexity index is 1360. The maximum atomic E-state index is 13.0. The van der Waals surface area contributed by atoms with E-state index in [2.05, 4.69) is 31.4 Å². The van der Waals surface area contributed by atoms with E-state index in [-0.39, 0.29) is 17.9 Å². The van der Waals surface area contributed by atoms with Gasteiger partial charge in [-0.15, -0.1) is 11.3 Å². The highest BCUT2D eigenvalue weighted by molar-refractivity contribution is 9.10. The largest absolute Gasteiger partial charge is 0.507 e. The zero-order chi connectivity index (χ0) is 22.0. The maximum Gasteiger partial charge on any atom is 0.263 e. The number of hydrazone groups is 1. The van der Waals surface area contributed by atoms with Crippen molar-refractivity contribution in [3.63, 3.8) is 0 Å². The van der Waals surface area contributed by atoms with Gasteiger partial charge in [-0.1, -0.05) is 45.8 Å². The van der Waals surface area contributed by atoms with Gasteiger partial charge in [0.15, 0.2) is 0 Å². The van der Waals surface area contributed by atoms with Crippen LogP contribution in [0.1, 0.15) is 11.1 Å². The fourth-order valence-electron chi connectivity index (χ4n) is 3.02. The molecule has 156 valence electrons. The van der Waals surface area contributed by atoms with Crippen molar-refractivity contribution >= 4 is 49.6 Å². The van der Waals surface area contributed by atoms with E-state index in [0.717, 1.165) is 21.2 Å². The summed E-state index contributed by atoms with van der Waals surface area (Å²) in [5.41, 5.74) is 5.38. The number of amides is 1. The van der Waals surface area contributed by atoms with E-state index in [4.69, 9.17) is 0 Å². The third-order valence-electron chi connectivity index (χ3n) is 4.62. The number of thiophene rings is 1. The van der Waals surface area contributed by atoms with Gasteiger partial charge in [-0.2, -0.15) is 5.10 Å². The molecule has 0 saturated carbocycles. The maximum absolute atomic E-state index is 13.0. The van der Waals surface area contributed by atoms with Gasteiger partial charge in [0, 0.05) is 21.0 Å². The molecule has 2 aromatic heterocycles. The number of halogens is 1. The van der Waals surface area contributed by atoms with E-state index in [1.165, 1.54) is 34.5 Å². The Labute approximate surface area is 189 Å². The number of aryl methyl sites for hydroxylation is 1. The van der Waals surface area contributed by atoms with Crippen LogP contribution in [0.2, 0.25) is 0 Å². The average molecular weight is 497 g/mol. The smallest absolute Gasteiger partial charge is 0.263 e. The van der Waals surface area contributed by atoms with Crippen LogP contribution in [0.5, 0.6) is 5.75 Å². The molecule has 2 aromatic carbocycles. The van der Waals surface area contributed by atoms with Crippen molar-refractivity contribution in [2.24, 2.45) is 5.10 Å². The van der Waals surface area contributed by atoms with Crippen LogP contribution in [0.3, 0.4) is 0 Å². The van der Waals surface area contributed by atoms with Crippen molar-refractivity contribution in [3.05, 3.63) is 80.1 Å². The molecule has 0 fully saturated rings. The van der Waals surface area contributed by atoms with Crippen LogP contribution >= 0.6 is 27.3 Å². The van der Waals surface area contributed by atoms with E-state index in [0.29, 0.717) is 15.8 Å². The summed E-state index contributed by atoms with van der Waals surface area (Å²) in [4.78, 5) is 30.3. The van der Waals surface area contributed by atoms with E-state index in [9.17, 15) is 14.7 Å². The second-order valence-electron chi connectivity index (χ2n) is 6.87. The first-order chi connectivity index (χ1) is 14.9. The highest BCUT2D eigenvalue weighted by atomic mass is 79.9. The zero-order valence-electron chi connectivity index (χ0n) is 16.4. The lowest BCUT2D eigenvalue weighted by atomic mass is 10.1. The second-order valence-corrected chi connectivity index (χ2v) is 8.64. The molecule has 0 spiro atoms. The fraction of sp³-hybridized carbons (Fsp3) is 0.0909. The van der Waals surface area contributed by atoms with E-state index < -0.39 is 5.91 Å². The topological polar surface area (TPSA) is 96.6 Å². The van der Waals surface area contributed by atoms with Crippen molar-refractivity contribution < 1.29 is 9.90 Å². The van der Waals surface area contributed by atoms with Crippen molar-refractivity contribution in [1.82, 2.24) is 15.0 Å². The molecule has 0 aliphatic heterocycles. The monoisotopic (exact) mass is 496 g/mol. The molecule has 2 heterocycles. The van der Waals surface area contributed by atoms with Crippen LogP contribution in [0.15, 0.2) is 68.5 Å². The Morgan fingerprint density at radius 2 is 2.06 bits per heavy atom. The minimum absolute atomic E-state index is 0.0353. The highest BCUT2D eigenvalue weighted by Gasteiger charge is 2.14. The summed E-state index contributed by atoms with van der Waals surface area (Å²) < 4.78 is 2.03. The summed E-state index contributed by atoms with van der Waals surface area (Å²) in [6.45, 7) is 1.77. The molecule has 31 heavy (non-hydrogen) atoms. The number of hydrogen-bond acceptors (Lipinski definition) is 6. The number of nitrogens with one attached hydrogen (secondary N) is 1. The van der Waals surface area contributed by atoms with Crippen LogP contribution < -0.4 is 11.0 Å². The molecule has 0 aliphatic carbocycles. The van der Waals surface area contributed by atoms with Gasteiger partial charge in [0.05, 0.1) is 17.9 Å². The molecule has 0 atom stereocenters. The molecule has 4 rings (SSSR count). The molecule has 9 heteroatoms. The molecule has 0 bridgehead atoms. The van der Waals surface area contributed by atoms with Gasteiger partial charge >= 0.3 is 0 Å². The zero-order valence-corrected chi connectivity index (χ0v) is 18.8. The van der Waals surface area contributed by atoms with Gasteiger partial charge < -0.3 is 5.11 Å². The van der Waals surface area contributed by atoms with Gasteiger partial charge in [-0.25, -0.2) is 10.4 Å². The van der Waals surface area contributed by atoms with Crippen LogP contribution in [-0.4, -0.2) is 26.8 Å². The van der Waals surface area contributed by atoms with Crippen molar-refractivity contribution in [3.8, 4) is 16.9 Å². The Hall–Kier alpha value is -3.30. The molecule has 4 aromatic rings. The Morgan fingerprint density at radius 1 is 1.29 bits per heavy atom. The molecule has 7 nitrogen and oxygen atoms in total. The molecule has 1 amide bonds. The standard InChI is InChI=1S/C22H17BrN4O3S/c1-13-2-4-14(5-3-13)17-11-31-21-20(17)22(30)27(12-24-21)10-19(29)26-25-9-15-8-16(23)6-7-18(15)28/h2-9,11-12,28H,10H2,1H3,(H,26,29). The highest BCUT2D eigenvalue weighted by Crippen LogP contribution is 2.30. The van der Waals surface area contributed by atoms with Crippen LogP contribution in [0.4, 0.5) is 0 Å². The lowest BCUT2D eigenvalue weighted by molar-refractivity contribution is -0.121. The van der Waals surface area contributed by atoms with Gasteiger partial charge in [-0.05, 0) is 30.7 Å². The number of aromatic nitrogens is 2. The molecule has 2 N–H and O–H groups in total. The molecule has 0 aliphatic rings. The van der Waals surface area contributed by atoms with Gasteiger partial charge in [-0.3, -0.25) is 14.2 Å². The third kappa shape index (κ3) is 4.57. The number of phenols is 1. The van der Waals surface area contributed by atoms with E-state index in [1.807, 2.05) is 36.6 Å². The van der Waals surface area contributed by atoms with Crippen LogP contribution in [0, 0.1) is 6.92 Å². The normalized spacial score (nSPS) is 11.3. The fourth-order valence-corrected chi connectivity index (χ4v) is 4.30. The third-order valence-corrected chi connectivity index (χ3v) is 6.00. The minimum Gasteiger partial charge on any atom is -0.507 e. The SMILES string of the molecule is Cc1ccc(-c2csc3ncn(CC(=O)NN=Cc4cc(Br)ccc4O)c(=O)c23)cc1. The van der Waals surface area contributed by atoms with Crippen molar-refractivity contribution in [2.75, 3.05) is 0 Å². The van der Waals surface area contributed by atoms with Crippen molar-refractivity contribution in [2.45, 2.75) is 13.5 Å². The summed E-state index contributed by atoms with van der Waals surface area (Å²) in [5.74, 6) is -0.450. The number of carbonyl (C=O) groups is 1. The predicted octanol–water partition coefficient (Wildman–Crippen LogP) is 4.05. The molecule has 0 saturated heterocycles. The first-order valence-corrected chi connectivity index (χ1v) is 10.9. The number of carbonyl (C=O) groups excluding carboxylic acids is 1. The summed E-state index contributed by atoms with van der Waals surface area (Å²) >= 11 is 4.70. The number of nitrogens with zero attached hydrogens (tertiary/aromatic N) is 3. The van der Waals surface area contributed by atoms with E-state index >= 15 is 0 Å². The number of hydrogen-bond donors (Lipinski definition) is 2. The molecule has 0 radical (unpaired) electrons. The summed E-state index contributed by atoms with van der Waals surface area (Å²) in [7, 11) is 0. The number of phenolic OH excluding ortho intramolecular Hbond substituents is 1. The number of rotatable bonds is 5. The number of aromatic hydroxyl groups is 1. The number of benzene rings is 2.